The summed E-state index contributed by atoms with van der Waals surface area (Å²) in [5.74, 6) is -1.66. The van der Waals surface area contributed by atoms with Crippen molar-refractivity contribution < 1.29 is 23.5 Å². The quantitative estimate of drug-likeness (QED) is 0.348. The van der Waals surface area contributed by atoms with E-state index in [1.807, 2.05) is 0 Å². The van der Waals surface area contributed by atoms with Gasteiger partial charge in [0, 0.05) is 25.7 Å². The van der Waals surface area contributed by atoms with E-state index in [2.05, 4.69) is 15.6 Å². The lowest BCUT2D eigenvalue weighted by Crippen LogP contribution is -2.27. The molecule has 1 aliphatic rings. The highest BCUT2D eigenvalue weighted by Crippen LogP contribution is 2.30. The van der Waals surface area contributed by atoms with E-state index in [0.29, 0.717) is 35.5 Å². The zero-order chi connectivity index (χ0) is 28.3. The van der Waals surface area contributed by atoms with Crippen molar-refractivity contribution in [2.24, 2.45) is 5.92 Å². The molecule has 206 valence electrons. The van der Waals surface area contributed by atoms with E-state index in [-0.39, 0.29) is 24.0 Å². The maximum absolute atomic E-state index is 14.3. The molecule has 0 saturated heterocycles. The Hall–Kier alpha value is -4.04. The van der Waals surface area contributed by atoms with E-state index in [1.54, 1.807) is 54.6 Å². The summed E-state index contributed by atoms with van der Waals surface area (Å²) in [6.07, 6.45) is 5.27. The van der Waals surface area contributed by atoms with Crippen LogP contribution in [0.3, 0.4) is 0 Å². The van der Waals surface area contributed by atoms with Crippen LogP contribution in [0.25, 0.3) is 11.0 Å². The maximum Gasteiger partial charge on any atom is 0.326 e. The largest absolute Gasteiger partial charge is 0.390 e. The van der Waals surface area contributed by atoms with Crippen LogP contribution in [0, 0.1) is 28.9 Å². The molecule has 9 nitrogen and oxygen atoms in total. The number of urea groups is 1. The molecule has 1 saturated carbocycles. The minimum atomic E-state index is -1.09. The Morgan fingerprint density at radius 3 is 2.46 bits per heavy atom. The summed E-state index contributed by atoms with van der Waals surface area (Å²) < 4.78 is 30.3. The highest BCUT2D eigenvalue weighted by atomic mass is 19.1. The predicted molar refractivity (Wildman–Crippen MR) is 144 cm³/mol. The standard InChI is InChI=1S/C28H32F2N6O3/c1-28(2,39)10-11-36-23-9-8-19(35(3)24(37)14-17-6-4-5-7-17)15-22(23)32-26(36)34-27(38)33-25-20(29)12-18(16-31)13-21(25)30/h8-9,12-13,15,17,39H,4-7,10-11,14H2,1-3H3,(H2,32,33,34,38). The summed E-state index contributed by atoms with van der Waals surface area (Å²) in [6, 6.07) is 7.67. The summed E-state index contributed by atoms with van der Waals surface area (Å²) in [7, 11) is 1.72. The van der Waals surface area contributed by atoms with Gasteiger partial charge < -0.3 is 19.9 Å². The average Bonchev–Trinajstić information content (AvgIpc) is 3.50. The number of fused-ring (bicyclic) bond motifs is 1. The summed E-state index contributed by atoms with van der Waals surface area (Å²) >= 11 is 0. The molecule has 0 radical (unpaired) electrons. The van der Waals surface area contributed by atoms with Crippen LogP contribution >= 0.6 is 0 Å². The number of nitriles is 1. The number of rotatable bonds is 8. The number of nitrogens with zero attached hydrogens (tertiary/aromatic N) is 4. The topological polar surface area (TPSA) is 123 Å². The van der Waals surface area contributed by atoms with Gasteiger partial charge in [-0.15, -0.1) is 0 Å². The van der Waals surface area contributed by atoms with E-state index in [1.165, 1.54) is 0 Å². The van der Waals surface area contributed by atoms with Crippen molar-refractivity contribution in [3.63, 3.8) is 0 Å². The molecule has 0 atom stereocenters. The van der Waals surface area contributed by atoms with Gasteiger partial charge in [0.2, 0.25) is 11.9 Å². The highest BCUT2D eigenvalue weighted by Gasteiger charge is 2.23. The van der Waals surface area contributed by atoms with Gasteiger partial charge in [0.05, 0.1) is 28.3 Å². The van der Waals surface area contributed by atoms with Crippen molar-refractivity contribution in [1.82, 2.24) is 9.55 Å². The molecule has 0 unspecified atom stereocenters. The van der Waals surface area contributed by atoms with Gasteiger partial charge in [0.25, 0.3) is 0 Å². The first-order chi connectivity index (χ1) is 18.4. The van der Waals surface area contributed by atoms with E-state index >= 15 is 0 Å². The fourth-order valence-corrected chi connectivity index (χ4v) is 4.78. The molecule has 3 amide bonds. The van der Waals surface area contributed by atoms with Crippen molar-refractivity contribution in [2.45, 2.75) is 64.5 Å². The first-order valence-corrected chi connectivity index (χ1v) is 12.9. The minimum absolute atomic E-state index is 0.0203. The molecule has 0 bridgehead atoms. The molecule has 1 aliphatic carbocycles. The predicted octanol–water partition coefficient (Wildman–Crippen LogP) is 5.53. The molecule has 39 heavy (non-hydrogen) atoms. The lowest BCUT2D eigenvalue weighted by molar-refractivity contribution is -0.119. The second kappa shape index (κ2) is 11.4. The number of benzene rings is 2. The summed E-state index contributed by atoms with van der Waals surface area (Å²) in [4.78, 5) is 31.7. The molecule has 1 fully saturated rings. The molecule has 0 aliphatic heterocycles. The second-order valence-electron chi connectivity index (χ2n) is 10.6. The van der Waals surface area contributed by atoms with Gasteiger partial charge in [-0.1, -0.05) is 12.8 Å². The van der Waals surface area contributed by atoms with Gasteiger partial charge in [0.1, 0.15) is 5.69 Å². The Balaban J connectivity index is 1.60. The van der Waals surface area contributed by atoms with Crippen LogP contribution in [0.1, 0.15) is 57.9 Å². The van der Waals surface area contributed by atoms with E-state index < -0.39 is 29.0 Å². The zero-order valence-corrected chi connectivity index (χ0v) is 22.2. The molecule has 4 rings (SSSR count). The fraction of sp³-hybridized carbons (Fsp3) is 0.429. The third-order valence-corrected chi connectivity index (χ3v) is 7.01. The second-order valence-corrected chi connectivity index (χ2v) is 10.6. The average molecular weight is 539 g/mol. The Bertz CT molecular complexity index is 1410. The number of aliphatic hydroxyl groups is 1. The van der Waals surface area contributed by atoms with Gasteiger partial charge in [0.15, 0.2) is 11.6 Å². The van der Waals surface area contributed by atoms with E-state index in [9.17, 15) is 23.5 Å². The lowest BCUT2D eigenvalue weighted by Gasteiger charge is -2.20. The number of aromatic nitrogens is 2. The number of amides is 3. The molecular weight excluding hydrogens is 506 g/mol. The first kappa shape index (κ1) is 28.0. The number of halogens is 2. The summed E-state index contributed by atoms with van der Waals surface area (Å²) in [6.45, 7) is 3.60. The normalized spacial score (nSPS) is 13.9. The minimum Gasteiger partial charge on any atom is -0.390 e. The summed E-state index contributed by atoms with van der Waals surface area (Å²) in [5.41, 5.74) is -0.129. The Morgan fingerprint density at radius 1 is 1.18 bits per heavy atom. The number of hydrogen-bond donors (Lipinski definition) is 3. The number of aryl methyl sites for hydroxylation is 1. The SMILES string of the molecule is CN(C(=O)CC1CCCC1)c1ccc2c(c1)nc(NC(=O)Nc1c(F)cc(C#N)cc1F)n2CCC(C)(C)O. The molecule has 11 heteroatoms. The van der Waals surface area contributed by atoms with Crippen molar-refractivity contribution in [3.05, 3.63) is 47.5 Å². The fourth-order valence-electron chi connectivity index (χ4n) is 4.78. The number of hydrogen-bond acceptors (Lipinski definition) is 5. The highest BCUT2D eigenvalue weighted by molar-refractivity contribution is 6.00. The molecule has 1 aromatic heterocycles. The van der Waals surface area contributed by atoms with E-state index in [4.69, 9.17) is 5.26 Å². The van der Waals surface area contributed by atoms with Crippen molar-refractivity contribution >= 4 is 40.3 Å². The number of imidazole rings is 1. The monoisotopic (exact) mass is 538 g/mol. The smallest absolute Gasteiger partial charge is 0.326 e. The first-order valence-electron chi connectivity index (χ1n) is 12.9. The van der Waals surface area contributed by atoms with Crippen LogP contribution < -0.4 is 15.5 Å². The van der Waals surface area contributed by atoms with Crippen LogP contribution in [0.15, 0.2) is 30.3 Å². The molecular formula is C28H32F2N6O3. The van der Waals surface area contributed by atoms with Gasteiger partial charge in [-0.25, -0.2) is 18.6 Å². The Kier molecular flexibility index (Phi) is 8.16. The van der Waals surface area contributed by atoms with Crippen LogP contribution in [0.4, 0.5) is 30.9 Å². The number of nitrogens with one attached hydrogen (secondary N) is 2. The number of carbonyl (C=O) groups excluding carboxylic acids is 2. The molecule has 0 spiro atoms. The van der Waals surface area contributed by atoms with Crippen molar-refractivity contribution in [3.8, 4) is 6.07 Å². The van der Waals surface area contributed by atoms with Crippen LogP contribution in [-0.2, 0) is 11.3 Å². The number of carbonyl (C=O) groups is 2. The Labute approximate surface area is 225 Å². The van der Waals surface area contributed by atoms with Gasteiger partial charge >= 0.3 is 6.03 Å². The van der Waals surface area contributed by atoms with Crippen molar-refractivity contribution in [1.29, 1.82) is 5.26 Å². The van der Waals surface area contributed by atoms with E-state index in [0.717, 1.165) is 37.8 Å². The van der Waals surface area contributed by atoms with Crippen LogP contribution in [0.5, 0.6) is 0 Å². The Morgan fingerprint density at radius 2 is 1.85 bits per heavy atom. The van der Waals surface area contributed by atoms with Crippen molar-refractivity contribution in [2.75, 3.05) is 22.6 Å². The third-order valence-electron chi connectivity index (χ3n) is 7.01. The van der Waals surface area contributed by atoms with Gasteiger partial charge in [-0.05, 0) is 69.4 Å². The number of anilines is 3. The molecule has 1 heterocycles. The van der Waals surface area contributed by atoms with Gasteiger partial charge in [-0.2, -0.15) is 5.26 Å². The molecule has 2 aromatic carbocycles. The van der Waals surface area contributed by atoms with Crippen LogP contribution in [-0.4, -0.2) is 39.2 Å². The third kappa shape index (κ3) is 6.70. The maximum atomic E-state index is 14.3. The summed E-state index contributed by atoms with van der Waals surface area (Å²) in [5, 5.41) is 23.8. The lowest BCUT2D eigenvalue weighted by atomic mass is 10.0. The van der Waals surface area contributed by atoms with Crippen LogP contribution in [0.2, 0.25) is 0 Å². The molecule has 3 aromatic rings. The zero-order valence-electron chi connectivity index (χ0n) is 22.2. The molecule has 3 N–H and O–H groups in total. The van der Waals surface area contributed by atoms with Gasteiger partial charge in [-0.3, -0.25) is 10.1 Å².